The van der Waals surface area contributed by atoms with Crippen molar-refractivity contribution >= 4 is 17.4 Å². The fraction of sp³-hybridized carbons (Fsp3) is 0.571. The Kier molecular flexibility index (Phi) is 4.75. The van der Waals surface area contributed by atoms with Gasteiger partial charge in [-0.25, -0.2) is 0 Å². The van der Waals surface area contributed by atoms with Gasteiger partial charge in [-0.15, -0.1) is 11.8 Å². The second kappa shape index (κ2) is 6.31. The first kappa shape index (κ1) is 12.8. The van der Waals surface area contributed by atoms with Gasteiger partial charge in [-0.1, -0.05) is 6.42 Å². The van der Waals surface area contributed by atoms with Crippen LogP contribution in [0.1, 0.15) is 25.7 Å². The van der Waals surface area contributed by atoms with Crippen LogP contribution in [0.2, 0.25) is 0 Å². The molecule has 1 heterocycles. The Morgan fingerprint density at radius 3 is 2.76 bits per heavy atom. The first-order chi connectivity index (χ1) is 8.25. The standard InChI is InChI=1S/C14H22N2S/c1-16-10-3-2-4-13(16)9-11-17-14-7-5-12(15)6-8-14/h5-8,13H,2-4,9-11,15H2,1H3. The van der Waals surface area contributed by atoms with Crippen LogP contribution >= 0.6 is 11.8 Å². The summed E-state index contributed by atoms with van der Waals surface area (Å²) >= 11 is 1.94. The molecule has 2 rings (SSSR count). The molecule has 94 valence electrons. The predicted octanol–water partition coefficient (Wildman–Crippen LogP) is 3.24. The molecule has 17 heavy (non-hydrogen) atoms. The number of hydrogen-bond donors (Lipinski definition) is 1. The lowest BCUT2D eigenvalue weighted by Gasteiger charge is -2.32. The molecule has 1 fully saturated rings. The minimum Gasteiger partial charge on any atom is -0.399 e. The van der Waals surface area contributed by atoms with E-state index in [9.17, 15) is 0 Å². The number of nitrogens with zero attached hydrogens (tertiary/aromatic N) is 1. The lowest BCUT2D eigenvalue weighted by Crippen LogP contribution is -2.36. The van der Waals surface area contributed by atoms with Crippen molar-refractivity contribution in [1.29, 1.82) is 0 Å². The predicted molar refractivity (Wildman–Crippen MR) is 76.5 cm³/mol. The SMILES string of the molecule is CN1CCCCC1CCSc1ccc(N)cc1. The number of thioether (sulfide) groups is 1. The van der Waals surface area contributed by atoms with Crippen LogP contribution in [-0.4, -0.2) is 30.3 Å². The summed E-state index contributed by atoms with van der Waals surface area (Å²) < 4.78 is 0. The summed E-state index contributed by atoms with van der Waals surface area (Å²) in [5, 5.41) is 0. The van der Waals surface area contributed by atoms with E-state index in [1.165, 1.54) is 42.9 Å². The molecule has 2 N–H and O–H groups in total. The summed E-state index contributed by atoms with van der Waals surface area (Å²) in [6.45, 7) is 1.28. The second-order valence-corrected chi connectivity index (χ2v) is 6.00. The number of benzene rings is 1. The molecule has 1 saturated heterocycles. The minimum absolute atomic E-state index is 0.796. The Balaban J connectivity index is 1.73. The fourth-order valence-electron chi connectivity index (χ4n) is 2.39. The zero-order chi connectivity index (χ0) is 12.1. The number of anilines is 1. The van der Waals surface area contributed by atoms with Gasteiger partial charge in [-0.2, -0.15) is 0 Å². The normalized spacial score (nSPS) is 21.6. The molecule has 1 unspecified atom stereocenters. The number of nitrogens with two attached hydrogens (primary N) is 1. The van der Waals surface area contributed by atoms with E-state index in [-0.39, 0.29) is 0 Å². The molecule has 0 spiro atoms. The van der Waals surface area contributed by atoms with E-state index < -0.39 is 0 Å². The van der Waals surface area contributed by atoms with Crippen molar-refractivity contribution in [3.05, 3.63) is 24.3 Å². The van der Waals surface area contributed by atoms with E-state index in [1.54, 1.807) is 0 Å². The van der Waals surface area contributed by atoms with Gasteiger partial charge in [-0.3, -0.25) is 0 Å². The van der Waals surface area contributed by atoms with E-state index in [0.29, 0.717) is 0 Å². The van der Waals surface area contributed by atoms with Crippen molar-refractivity contribution < 1.29 is 0 Å². The summed E-state index contributed by atoms with van der Waals surface area (Å²) in [4.78, 5) is 3.85. The molecule has 1 atom stereocenters. The largest absolute Gasteiger partial charge is 0.399 e. The first-order valence-electron chi connectivity index (χ1n) is 6.44. The Labute approximate surface area is 109 Å². The zero-order valence-electron chi connectivity index (χ0n) is 10.6. The Morgan fingerprint density at radius 2 is 2.06 bits per heavy atom. The third kappa shape index (κ3) is 3.93. The monoisotopic (exact) mass is 250 g/mol. The summed E-state index contributed by atoms with van der Waals surface area (Å²) in [5.74, 6) is 1.21. The number of likely N-dealkylation sites (tertiary alicyclic amines) is 1. The maximum absolute atomic E-state index is 5.67. The Bertz CT molecular complexity index is 337. The average molecular weight is 250 g/mol. The topological polar surface area (TPSA) is 29.3 Å². The molecule has 0 aromatic heterocycles. The van der Waals surface area contributed by atoms with Crippen molar-refractivity contribution in [1.82, 2.24) is 4.90 Å². The number of piperidine rings is 1. The van der Waals surface area contributed by atoms with Crippen LogP contribution in [0.4, 0.5) is 5.69 Å². The van der Waals surface area contributed by atoms with Gasteiger partial charge in [0.15, 0.2) is 0 Å². The Morgan fingerprint density at radius 1 is 1.29 bits per heavy atom. The van der Waals surface area contributed by atoms with Gasteiger partial charge in [0.1, 0.15) is 0 Å². The van der Waals surface area contributed by atoms with Crippen molar-refractivity contribution in [2.75, 3.05) is 25.1 Å². The highest BCUT2D eigenvalue weighted by Crippen LogP contribution is 2.24. The molecule has 1 aliphatic heterocycles. The van der Waals surface area contributed by atoms with Crippen molar-refractivity contribution in [2.45, 2.75) is 36.6 Å². The molecule has 1 aromatic rings. The molecule has 2 nitrogen and oxygen atoms in total. The van der Waals surface area contributed by atoms with E-state index in [2.05, 4.69) is 24.1 Å². The van der Waals surface area contributed by atoms with E-state index >= 15 is 0 Å². The first-order valence-corrected chi connectivity index (χ1v) is 7.43. The molecule has 0 saturated carbocycles. The van der Waals surface area contributed by atoms with Crippen LogP contribution in [-0.2, 0) is 0 Å². The van der Waals surface area contributed by atoms with Crippen molar-refractivity contribution in [3.8, 4) is 0 Å². The van der Waals surface area contributed by atoms with E-state index in [1.807, 2.05) is 23.9 Å². The third-order valence-electron chi connectivity index (χ3n) is 3.52. The summed E-state index contributed by atoms with van der Waals surface area (Å²) in [5.41, 5.74) is 6.52. The maximum Gasteiger partial charge on any atom is 0.0314 e. The molecule has 1 aliphatic rings. The van der Waals surface area contributed by atoms with Crippen LogP contribution in [0.3, 0.4) is 0 Å². The van der Waals surface area contributed by atoms with E-state index in [4.69, 9.17) is 5.73 Å². The van der Waals surface area contributed by atoms with Crippen LogP contribution in [0.25, 0.3) is 0 Å². The molecule has 0 radical (unpaired) electrons. The van der Waals surface area contributed by atoms with Gasteiger partial charge in [0, 0.05) is 16.6 Å². The molecule has 0 bridgehead atoms. The summed E-state index contributed by atoms with van der Waals surface area (Å²) in [7, 11) is 2.26. The van der Waals surface area contributed by atoms with Gasteiger partial charge < -0.3 is 10.6 Å². The van der Waals surface area contributed by atoms with Crippen molar-refractivity contribution in [2.24, 2.45) is 0 Å². The zero-order valence-corrected chi connectivity index (χ0v) is 11.4. The highest BCUT2D eigenvalue weighted by molar-refractivity contribution is 7.99. The minimum atomic E-state index is 0.796. The smallest absolute Gasteiger partial charge is 0.0314 e. The van der Waals surface area contributed by atoms with Crippen LogP contribution < -0.4 is 5.73 Å². The summed E-state index contributed by atoms with van der Waals surface area (Å²) in [6, 6.07) is 8.99. The lowest BCUT2D eigenvalue weighted by atomic mass is 10.0. The lowest BCUT2D eigenvalue weighted by molar-refractivity contribution is 0.182. The molecule has 0 aliphatic carbocycles. The van der Waals surface area contributed by atoms with Crippen LogP contribution in [0.15, 0.2) is 29.2 Å². The molecule has 1 aromatic carbocycles. The molecule has 3 heteroatoms. The van der Waals surface area contributed by atoms with E-state index in [0.717, 1.165) is 11.7 Å². The van der Waals surface area contributed by atoms with Gasteiger partial charge in [-0.05, 0) is 62.9 Å². The third-order valence-corrected chi connectivity index (χ3v) is 4.57. The Hall–Kier alpha value is -0.670. The van der Waals surface area contributed by atoms with Gasteiger partial charge in [0.2, 0.25) is 0 Å². The average Bonchev–Trinajstić information content (AvgIpc) is 2.34. The number of hydrogen-bond acceptors (Lipinski definition) is 3. The maximum atomic E-state index is 5.67. The molecule has 0 amide bonds. The second-order valence-electron chi connectivity index (χ2n) is 4.84. The highest BCUT2D eigenvalue weighted by atomic mass is 32.2. The molecular formula is C14H22N2S. The number of nitrogen functional groups attached to an aromatic ring is 1. The van der Waals surface area contributed by atoms with Gasteiger partial charge in [0.05, 0.1) is 0 Å². The van der Waals surface area contributed by atoms with Gasteiger partial charge >= 0.3 is 0 Å². The van der Waals surface area contributed by atoms with Gasteiger partial charge in [0.25, 0.3) is 0 Å². The fourth-order valence-corrected chi connectivity index (χ4v) is 3.34. The van der Waals surface area contributed by atoms with Crippen LogP contribution in [0, 0.1) is 0 Å². The quantitative estimate of drug-likeness (QED) is 0.657. The summed E-state index contributed by atoms with van der Waals surface area (Å²) in [6.07, 6.45) is 5.45. The number of rotatable bonds is 4. The van der Waals surface area contributed by atoms with Crippen LogP contribution in [0.5, 0.6) is 0 Å². The highest BCUT2D eigenvalue weighted by Gasteiger charge is 2.17. The van der Waals surface area contributed by atoms with Crippen molar-refractivity contribution in [3.63, 3.8) is 0 Å². The molecular weight excluding hydrogens is 228 g/mol.